The van der Waals surface area contributed by atoms with Crippen molar-refractivity contribution in [2.75, 3.05) is 13.1 Å². The molecule has 1 saturated heterocycles. The first kappa shape index (κ1) is 17.1. The number of aromatic nitrogens is 3. The summed E-state index contributed by atoms with van der Waals surface area (Å²) < 4.78 is 14.6. The molecule has 8 heteroatoms. The highest BCUT2D eigenvalue weighted by atomic mass is 19.1. The molecule has 1 fully saturated rings. The molecule has 1 aliphatic heterocycles. The highest BCUT2D eigenvalue weighted by Crippen LogP contribution is 2.21. The van der Waals surface area contributed by atoms with Crippen LogP contribution in [0.4, 0.5) is 4.39 Å². The molecule has 132 valence electrons. The van der Waals surface area contributed by atoms with Gasteiger partial charge in [-0.3, -0.25) is 9.59 Å². The zero-order chi connectivity index (χ0) is 18.0. The molecule has 3 rings (SSSR count). The molecule has 0 saturated carbocycles. The normalized spacial score (nSPS) is 15.4. The maximum absolute atomic E-state index is 13.0. The van der Waals surface area contributed by atoms with Crippen LogP contribution in [0.15, 0.2) is 24.3 Å². The number of benzene rings is 1. The number of aryl methyl sites for hydroxylation is 1. The monoisotopic (exact) mass is 346 g/mol. The topological polar surface area (TPSA) is 88.3 Å². The largest absolute Gasteiger partial charge is 0.481 e. The number of carbonyl (C=O) groups excluding carboxylic acids is 1. The predicted octanol–water partition coefficient (Wildman–Crippen LogP) is 2.04. The van der Waals surface area contributed by atoms with E-state index in [0.29, 0.717) is 37.4 Å². The number of halogens is 1. The number of rotatable bonds is 4. The lowest BCUT2D eigenvalue weighted by molar-refractivity contribution is -0.138. The Kier molecular flexibility index (Phi) is 4.78. The number of carboxylic acid groups (broad SMARTS) is 1. The first-order valence-electron chi connectivity index (χ1n) is 8.14. The van der Waals surface area contributed by atoms with Crippen molar-refractivity contribution in [2.45, 2.75) is 26.2 Å². The number of amides is 1. The van der Waals surface area contributed by atoms with Gasteiger partial charge >= 0.3 is 5.97 Å². The van der Waals surface area contributed by atoms with Crippen LogP contribution in [0.3, 0.4) is 0 Å². The van der Waals surface area contributed by atoms with Crippen LogP contribution in [0.5, 0.6) is 0 Å². The number of carbonyl (C=O) groups is 2. The second kappa shape index (κ2) is 7.00. The molecule has 1 aliphatic rings. The molecular formula is C17H19FN4O3. The molecule has 0 radical (unpaired) electrons. The number of hydrogen-bond donors (Lipinski definition) is 1. The van der Waals surface area contributed by atoms with Crippen molar-refractivity contribution in [2.24, 2.45) is 5.92 Å². The second-order valence-corrected chi connectivity index (χ2v) is 6.20. The summed E-state index contributed by atoms with van der Waals surface area (Å²) in [7, 11) is 0. The first-order valence-corrected chi connectivity index (χ1v) is 8.14. The quantitative estimate of drug-likeness (QED) is 0.915. The fourth-order valence-electron chi connectivity index (χ4n) is 3.04. The molecule has 1 amide bonds. The number of aliphatic carboxylic acids is 1. The Labute approximate surface area is 144 Å². The molecule has 1 aromatic heterocycles. The van der Waals surface area contributed by atoms with Gasteiger partial charge < -0.3 is 10.0 Å². The summed E-state index contributed by atoms with van der Waals surface area (Å²) in [5.41, 5.74) is 0.630. The molecule has 2 aromatic rings. The van der Waals surface area contributed by atoms with Crippen LogP contribution in [0, 0.1) is 18.7 Å². The molecule has 25 heavy (non-hydrogen) atoms. The minimum Gasteiger partial charge on any atom is -0.481 e. The van der Waals surface area contributed by atoms with E-state index in [4.69, 9.17) is 5.11 Å². The van der Waals surface area contributed by atoms with Gasteiger partial charge in [0.05, 0.1) is 5.69 Å². The van der Waals surface area contributed by atoms with Crippen LogP contribution in [0.2, 0.25) is 0 Å². The minimum absolute atomic E-state index is 0.0958. The van der Waals surface area contributed by atoms with Crippen molar-refractivity contribution in [3.05, 3.63) is 41.7 Å². The average Bonchev–Trinajstić information content (AvgIpc) is 2.97. The van der Waals surface area contributed by atoms with E-state index in [-0.39, 0.29) is 29.9 Å². The van der Waals surface area contributed by atoms with Crippen LogP contribution in [-0.2, 0) is 4.79 Å². The zero-order valence-electron chi connectivity index (χ0n) is 13.9. The van der Waals surface area contributed by atoms with Gasteiger partial charge in [-0.15, -0.1) is 5.10 Å². The SMILES string of the molecule is Cc1nc(C(=O)N2CCC(CC(=O)O)CC2)nn1-c1ccc(F)cc1. The van der Waals surface area contributed by atoms with Crippen LogP contribution in [0.1, 0.15) is 35.7 Å². The van der Waals surface area contributed by atoms with Crippen LogP contribution in [0.25, 0.3) is 5.69 Å². The molecule has 0 spiro atoms. The predicted molar refractivity (Wildman–Crippen MR) is 86.9 cm³/mol. The van der Waals surface area contributed by atoms with Gasteiger partial charge in [0, 0.05) is 19.5 Å². The number of piperidine rings is 1. The van der Waals surface area contributed by atoms with Gasteiger partial charge in [-0.25, -0.2) is 14.1 Å². The third kappa shape index (κ3) is 3.84. The lowest BCUT2D eigenvalue weighted by Crippen LogP contribution is -2.39. The number of likely N-dealkylation sites (tertiary alicyclic amines) is 1. The number of carboxylic acids is 1. The second-order valence-electron chi connectivity index (χ2n) is 6.20. The van der Waals surface area contributed by atoms with Gasteiger partial charge in [0.1, 0.15) is 11.6 Å². The maximum atomic E-state index is 13.0. The molecule has 0 aliphatic carbocycles. The van der Waals surface area contributed by atoms with E-state index < -0.39 is 5.97 Å². The van der Waals surface area contributed by atoms with Gasteiger partial charge in [-0.05, 0) is 49.9 Å². The Morgan fingerprint density at radius 2 is 1.88 bits per heavy atom. The van der Waals surface area contributed by atoms with E-state index in [9.17, 15) is 14.0 Å². The van der Waals surface area contributed by atoms with Crippen molar-refractivity contribution in [1.29, 1.82) is 0 Å². The maximum Gasteiger partial charge on any atom is 0.303 e. The van der Waals surface area contributed by atoms with E-state index in [1.54, 1.807) is 24.0 Å². The summed E-state index contributed by atoms with van der Waals surface area (Å²) in [6.45, 7) is 2.73. The Balaban J connectivity index is 1.70. The Hall–Kier alpha value is -2.77. The fourth-order valence-corrected chi connectivity index (χ4v) is 3.04. The standard InChI is InChI=1S/C17H19FN4O3/c1-11-19-16(20-22(11)14-4-2-13(18)3-5-14)17(25)21-8-6-12(7-9-21)10-15(23)24/h2-5,12H,6-10H2,1H3,(H,23,24). The zero-order valence-corrected chi connectivity index (χ0v) is 13.9. The van der Waals surface area contributed by atoms with Gasteiger partial charge in [0.2, 0.25) is 5.82 Å². The summed E-state index contributed by atoms with van der Waals surface area (Å²) >= 11 is 0. The van der Waals surface area contributed by atoms with Crippen molar-refractivity contribution in [3.8, 4) is 5.69 Å². The van der Waals surface area contributed by atoms with Crippen molar-refractivity contribution in [3.63, 3.8) is 0 Å². The van der Waals surface area contributed by atoms with Crippen LogP contribution >= 0.6 is 0 Å². The van der Waals surface area contributed by atoms with Gasteiger partial charge in [0.15, 0.2) is 0 Å². The van der Waals surface area contributed by atoms with Gasteiger partial charge in [-0.2, -0.15) is 0 Å². The molecule has 1 aromatic carbocycles. The smallest absolute Gasteiger partial charge is 0.303 e. The number of hydrogen-bond acceptors (Lipinski definition) is 4. The third-order valence-electron chi connectivity index (χ3n) is 4.40. The third-order valence-corrected chi connectivity index (χ3v) is 4.40. The summed E-state index contributed by atoms with van der Waals surface area (Å²) in [5.74, 6) is -0.679. The van der Waals surface area contributed by atoms with Gasteiger partial charge in [0.25, 0.3) is 5.91 Å². The molecular weight excluding hydrogens is 327 g/mol. The van der Waals surface area contributed by atoms with E-state index in [1.165, 1.54) is 16.8 Å². The molecule has 7 nitrogen and oxygen atoms in total. The van der Waals surface area contributed by atoms with Crippen LogP contribution in [-0.4, -0.2) is 49.7 Å². The fraction of sp³-hybridized carbons (Fsp3) is 0.412. The highest BCUT2D eigenvalue weighted by Gasteiger charge is 2.27. The molecule has 0 atom stereocenters. The Morgan fingerprint density at radius 1 is 1.24 bits per heavy atom. The summed E-state index contributed by atoms with van der Waals surface area (Å²) in [6, 6.07) is 5.79. The van der Waals surface area contributed by atoms with E-state index in [1.807, 2.05) is 0 Å². The first-order chi connectivity index (χ1) is 11.9. The molecule has 1 N–H and O–H groups in total. The lowest BCUT2D eigenvalue weighted by Gasteiger charge is -2.30. The highest BCUT2D eigenvalue weighted by molar-refractivity contribution is 5.90. The van der Waals surface area contributed by atoms with E-state index in [2.05, 4.69) is 10.1 Å². The molecule has 0 bridgehead atoms. The van der Waals surface area contributed by atoms with Crippen LogP contribution < -0.4 is 0 Å². The Bertz CT molecular complexity index is 780. The van der Waals surface area contributed by atoms with Crippen molar-refractivity contribution < 1.29 is 19.1 Å². The Morgan fingerprint density at radius 3 is 2.48 bits per heavy atom. The summed E-state index contributed by atoms with van der Waals surface area (Å²) in [5, 5.41) is 13.1. The van der Waals surface area contributed by atoms with E-state index >= 15 is 0 Å². The molecule has 0 unspecified atom stereocenters. The summed E-state index contributed by atoms with van der Waals surface area (Å²) in [4.78, 5) is 29.2. The van der Waals surface area contributed by atoms with Crippen molar-refractivity contribution >= 4 is 11.9 Å². The minimum atomic E-state index is -0.805. The van der Waals surface area contributed by atoms with E-state index in [0.717, 1.165) is 0 Å². The van der Waals surface area contributed by atoms with Gasteiger partial charge in [-0.1, -0.05) is 0 Å². The number of nitrogens with zero attached hydrogens (tertiary/aromatic N) is 4. The lowest BCUT2D eigenvalue weighted by atomic mass is 9.93. The molecule has 2 heterocycles. The average molecular weight is 346 g/mol. The summed E-state index contributed by atoms with van der Waals surface area (Å²) in [6.07, 6.45) is 1.46. The van der Waals surface area contributed by atoms with Crippen molar-refractivity contribution in [1.82, 2.24) is 19.7 Å².